The molecule has 24 heavy (non-hydrogen) atoms. The van der Waals surface area contributed by atoms with Crippen LogP contribution in [-0.2, 0) is 14.3 Å². The van der Waals surface area contributed by atoms with E-state index in [1.165, 1.54) is 6.42 Å². The van der Waals surface area contributed by atoms with E-state index in [-0.39, 0.29) is 17.8 Å². The van der Waals surface area contributed by atoms with E-state index in [0.717, 1.165) is 0 Å². The fourth-order valence-corrected chi connectivity index (χ4v) is 2.44. The molecule has 136 valence electrons. The molecule has 0 amide bonds. The van der Waals surface area contributed by atoms with Gasteiger partial charge in [0.1, 0.15) is 17.1 Å². The first-order valence-electron chi connectivity index (χ1n) is 8.45. The zero-order chi connectivity index (χ0) is 19.0. The van der Waals surface area contributed by atoms with E-state index in [1.54, 1.807) is 31.2 Å². The average molecular weight is 336 g/mol. The Balaban J connectivity index is 0.00000163. The van der Waals surface area contributed by atoms with Crippen LogP contribution in [0.2, 0.25) is 0 Å². The predicted molar refractivity (Wildman–Crippen MR) is 97.8 cm³/mol. The van der Waals surface area contributed by atoms with Crippen molar-refractivity contribution in [2.75, 3.05) is 0 Å². The van der Waals surface area contributed by atoms with Crippen LogP contribution in [0, 0.1) is 5.41 Å². The monoisotopic (exact) mass is 336 g/mol. The molecule has 1 aliphatic carbocycles. The van der Waals surface area contributed by atoms with Gasteiger partial charge in [-0.2, -0.15) is 0 Å². The topological polar surface area (TPSA) is 63.6 Å². The van der Waals surface area contributed by atoms with Gasteiger partial charge in [0, 0.05) is 17.4 Å². The Morgan fingerprint density at radius 2 is 1.62 bits per heavy atom. The van der Waals surface area contributed by atoms with Crippen LogP contribution in [-0.4, -0.2) is 22.5 Å². The van der Waals surface area contributed by atoms with E-state index in [0.29, 0.717) is 12.2 Å². The fourth-order valence-electron chi connectivity index (χ4n) is 2.44. The molecular formula is C20H32O4. The number of rotatable bonds is 6. The second-order valence-corrected chi connectivity index (χ2v) is 7.38. The number of Topliss-reactive ketones (excluding diaryl/α,β-unsaturated/α-hetero) is 1. The molecule has 1 rings (SSSR count). The van der Waals surface area contributed by atoms with Crippen LogP contribution in [0.15, 0.2) is 35.6 Å². The van der Waals surface area contributed by atoms with Gasteiger partial charge in [-0.15, -0.1) is 0 Å². The van der Waals surface area contributed by atoms with E-state index in [9.17, 15) is 9.59 Å². The molecule has 0 saturated heterocycles. The Morgan fingerprint density at radius 1 is 1.12 bits per heavy atom. The molecule has 0 aliphatic heterocycles. The lowest BCUT2D eigenvalue weighted by Crippen LogP contribution is -2.35. The molecule has 1 N–H and O–H groups in total. The summed E-state index contributed by atoms with van der Waals surface area (Å²) in [6, 6.07) is 0. The summed E-state index contributed by atoms with van der Waals surface area (Å²) in [5, 5.41) is 9.11. The lowest BCUT2D eigenvalue weighted by Gasteiger charge is -2.34. The van der Waals surface area contributed by atoms with Crippen LogP contribution in [0.1, 0.15) is 67.7 Å². The minimum Gasteiger partial charge on any atom is -0.492 e. The molecule has 0 radical (unpaired) electrons. The van der Waals surface area contributed by atoms with E-state index >= 15 is 0 Å². The summed E-state index contributed by atoms with van der Waals surface area (Å²) in [6.45, 7) is 13.4. The standard InChI is InChI=1S/C17H24O4.C3H8/c1-12(18)16(2,3)11-17(4,5)21-14-9-7-6-8-13(10-14)15(19)20;1-3-2/h6-9H,10-11H2,1-5H3,(H,19,20);3H2,1-2H3. The van der Waals surface area contributed by atoms with Gasteiger partial charge >= 0.3 is 5.97 Å². The zero-order valence-electron chi connectivity index (χ0n) is 16.1. The highest BCUT2D eigenvalue weighted by atomic mass is 16.5. The molecule has 0 aromatic carbocycles. The van der Waals surface area contributed by atoms with Gasteiger partial charge in [-0.25, -0.2) is 4.79 Å². The molecule has 4 nitrogen and oxygen atoms in total. The first-order valence-corrected chi connectivity index (χ1v) is 8.45. The van der Waals surface area contributed by atoms with Crippen molar-refractivity contribution in [2.45, 2.75) is 73.3 Å². The van der Waals surface area contributed by atoms with Crippen LogP contribution in [0.4, 0.5) is 0 Å². The minimum atomic E-state index is -0.946. The van der Waals surface area contributed by atoms with Crippen LogP contribution < -0.4 is 0 Å². The van der Waals surface area contributed by atoms with Crippen molar-refractivity contribution in [1.82, 2.24) is 0 Å². The van der Waals surface area contributed by atoms with Gasteiger partial charge in [-0.05, 0) is 33.3 Å². The van der Waals surface area contributed by atoms with Gasteiger partial charge in [-0.1, -0.05) is 52.3 Å². The van der Waals surface area contributed by atoms with Crippen LogP contribution >= 0.6 is 0 Å². The molecule has 4 heteroatoms. The van der Waals surface area contributed by atoms with E-state index in [2.05, 4.69) is 13.8 Å². The summed E-state index contributed by atoms with van der Waals surface area (Å²) in [4.78, 5) is 22.8. The Kier molecular flexibility index (Phi) is 8.73. The predicted octanol–water partition coefficient (Wildman–Crippen LogP) is 5.06. The van der Waals surface area contributed by atoms with Crippen molar-refractivity contribution in [3.05, 3.63) is 35.6 Å². The molecule has 0 fully saturated rings. The largest absolute Gasteiger partial charge is 0.492 e. The minimum absolute atomic E-state index is 0.111. The number of hydrogen-bond donors (Lipinski definition) is 1. The molecule has 0 aromatic heterocycles. The Hall–Kier alpha value is -1.84. The Morgan fingerprint density at radius 3 is 2.08 bits per heavy atom. The Labute approximate surface area is 146 Å². The van der Waals surface area contributed by atoms with E-state index in [1.807, 2.05) is 27.7 Å². The average Bonchev–Trinajstić information content (AvgIpc) is 2.63. The molecule has 0 saturated carbocycles. The highest BCUT2D eigenvalue weighted by Crippen LogP contribution is 2.33. The second-order valence-electron chi connectivity index (χ2n) is 7.38. The summed E-state index contributed by atoms with van der Waals surface area (Å²) in [5.74, 6) is -0.236. The number of carboxylic acid groups (broad SMARTS) is 1. The van der Waals surface area contributed by atoms with Crippen molar-refractivity contribution in [2.24, 2.45) is 5.41 Å². The van der Waals surface area contributed by atoms with Crippen LogP contribution in [0.5, 0.6) is 0 Å². The quantitative estimate of drug-likeness (QED) is 0.736. The van der Waals surface area contributed by atoms with Gasteiger partial charge in [0.05, 0.1) is 0 Å². The van der Waals surface area contributed by atoms with Crippen molar-refractivity contribution < 1.29 is 19.4 Å². The number of ether oxygens (including phenoxy) is 1. The number of allylic oxidation sites excluding steroid dienone is 5. The third-order valence-electron chi connectivity index (χ3n) is 3.56. The SMILES string of the molecule is CC(=O)C(C)(C)CC(C)(C)OC1=CC=CC=C(C(=O)O)C1.CCC. The highest BCUT2D eigenvalue weighted by molar-refractivity contribution is 5.87. The number of aliphatic carboxylic acids is 1. The third kappa shape index (κ3) is 8.14. The number of ketones is 1. The number of carbonyl (C=O) groups excluding carboxylic acids is 1. The Bertz CT molecular complexity index is 534. The molecule has 0 spiro atoms. The second kappa shape index (κ2) is 9.45. The van der Waals surface area contributed by atoms with E-state index < -0.39 is 17.0 Å². The van der Waals surface area contributed by atoms with Gasteiger partial charge in [0.2, 0.25) is 0 Å². The van der Waals surface area contributed by atoms with Crippen LogP contribution in [0.25, 0.3) is 0 Å². The summed E-state index contributed by atoms with van der Waals surface area (Å²) in [7, 11) is 0. The summed E-state index contributed by atoms with van der Waals surface area (Å²) in [5.41, 5.74) is -0.740. The summed E-state index contributed by atoms with van der Waals surface area (Å²) in [6.07, 6.45) is 8.84. The normalized spacial score (nSPS) is 14.6. The van der Waals surface area contributed by atoms with Gasteiger partial charge in [-0.3, -0.25) is 4.79 Å². The molecule has 0 heterocycles. The first kappa shape index (κ1) is 22.2. The molecule has 0 atom stereocenters. The lowest BCUT2D eigenvalue weighted by atomic mass is 9.79. The zero-order valence-corrected chi connectivity index (χ0v) is 16.1. The fraction of sp³-hybridized carbons (Fsp3) is 0.600. The van der Waals surface area contributed by atoms with Gasteiger partial charge < -0.3 is 9.84 Å². The maximum absolute atomic E-state index is 11.7. The lowest BCUT2D eigenvalue weighted by molar-refractivity contribution is -0.132. The van der Waals surface area contributed by atoms with Crippen molar-refractivity contribution in [3.8, 4) is 0 Å². The van der Waals surface area contributed by atoms with Crippen molar-refractivity contribution >= 4 is 11.8 Å². The number of hydrogen-bond acceptors (Lipinski definition) is 3. The van der Waals surface area contributed by atoms with Crippen LogP contribution in [0.3, 0.4) is 0 Å². The molecule has 0 bridgehead atoms. The van der Waals surface area contributed by atoms with Crippen molar-refractivity contribution in [1.29, 1.82) is 0 Å². The maximum Gasteiger partial charge on any atom is 0.332 e. The van der Waals surface area contributed by atoms with Crippen molar-refractivity contribution in [3.63, 3.8) is 0 Å². The van der Waals surface area contributed by atoms with E-state index in [4.69, 9.17) is 9.84 Å². The summed E-state index contributed by atoms with van der Waals surface area (Å²) >= 11 is 0. The molecule has 0 aromatic rings. The number of carbonyl (C=O) groups is 2. The molecule has 0 unspecified atom stereocenters. The number of carboxylic acids is 1. The third-order valence-corrected chi connectivity index (χ3v) is 3.56. The molecular weight excluding hydrogens is 304 g/mol. The summed E-state index contributed by atoms with van der Waals surface area (Å²) < 4.78 is 5.98. The van der Waals surface area contributed by atoms with Gasteiger partial charge in [0.25, 0.3) is 0 Å². The molecule has 1 aliphatic rings. The maximum atomic E-state index is 11.7. The first-order chi connectivity index (χ1) is 10.9. The highest BCUT2D eigenvalue weighted by Gasteiger charge is 2.34. The smallest absolute Gasteiger partial charge is 0.332 e. The van der Waals surface area contributed by atoms with Gasteiger partial charge in [0.15, 0.2) is 0 Å².